The van der Waals surface area contributed by atoms with Crippen LogP contribution in [0.5, 0.6) is 0 Å². The van der Waals surface area contributed by atoms with Gasteiger partial charge in [-0.25, -0.2) is 4.39 Å². The van der Waals surface area contributed by atoms with E-state index in [0.717, 1.165) is 16.8 Å². The molecule has 23 heavy (non-hydrogen) atoms. The lowest BCUT2D eigenvalue weighted by molar-refractivity contribution is -0.126. The Morgan fingerprint density at radius 2 is 2.22 bits per heavy atom. The molecule has 0 aliphatic rings. The number of rotatable bonds is 5. The monoisotopic (exact) mass is 335 g/mol. The summed E-state index contributed by atoms with van der Waals surface area (Å²) in [5, 5.41) is 4.68. The molecule has 6 heteroatoms. The van der Waals surface area contributed by atoms with E-state index in [1.807, 2.05) is 13.8 Å². The number of aromatic nitrogens is 2. The molecule has 2 rings (SSSR count). The van der Waals surface area contributed by atoms with Crippen LogP contribution in [0.3, 0.4) is 0 Å². The summed E-state index contributed by atoms with van der Waals surface area (Å²) in [5.41, 5.74) is 2.24. The number of benzene rings is 1. The number of nitrogens with zero attached hydrogens (tertiary/aromatic N) is 3. The smallest absolute Gasteiger partial charge is 0.246 e. The van der Waals surface area contributed by atoms with E-state index >= 15 is 0 Å². The zero-order valence-electron chi connectivity index (χ0n) is 13.4. The van der Waals surface area contributed by atoms with Crippen molar-refractivity contribution in [3.05, 3.63) is 58.1 Å². The molecule has 1 aromatic carbocycles. The number of halogens is 2. The normalized spacial score (nSPS) is 11.2. The summed E-state index contributed by atoms with van der Waals surface area (Å²) in [5.74, 6) is -0.463. The minimum absolute atomic E-state index is 0.156. The largest absolute Gasteiger partial charge is 0.335 e. The maximum atomic E-state index is 13.2. The fourth-order valence-corrected chi connectivity index (χ4v) is 2.53. The van der Waals surface area contributed by atoms with Gasteiger partial charge in [-0.2, -0.15) is 5.10 Å². The van der Waals surface area contributed by atoms with Crippen LogP contribution in [0, 0.1) is 12.7 Å². The zero-order chi connectivity index (χ0) is 17.0. The van der Waals surface area contributed by atoms with Crippen molar-refractivity contribution < 1.29 is 9.18 Å². The van der Waals surface area contributed by atoms with Crippen LogP contribution >= 0.6 is 11.6 Å². The zero-order valence-corrected chi connectivity index (χ0v) is 14.1. The third kappa shape index (κ3) is 4.20. The quantitative estimate of drug-likeness (QED) is 0.783. The molecule has 0 unspecified atom stereocenters. The van der Waals surface area contributed by atoms with Crippen LogP contribution in [0.1, 0.15) is 23.7 Å². The minimum Gasteiger partial charge on any atom is -0.335 e. The summed E-state index contributed by atoms with van der Waals surface area (Å²) >= 11 is 6.14. The molecule has 4 nitrogen and oxygen atoms in total. The van der Waals surface area contributed by atoms with Gasteiger partial charge in [0.15, 0.2) is 0 Å². The number of amides is 1. The highest BCUT2D eigenvalue weighted by Gasteiger charge is 2.12. The Bertz CT molecular complexity index is 739. The molecule has 1 amide bonds. The Morgan fingerprint density at radius 3 is 2.78 bits per heavy atom. The van der Waals surface area contributed by atoms with E-state index in [4.69, 9.17) is 11.6 Å². The summed E-state index contributed by atoms with van der Waals surface area (Å²) in [4.78, 5) is 14.0. The molecule has 1 heterocycles. The second kappa shape index (κ2) is 7.42. The third-order valence-corrected chi connectivity index (χ3v) is 3.99. The van der Waals surface area contributed by atoms with Crippen LogP contribution < -0.4 is 0 Å². The SMILES string of the molecule is CCN(Cc1cccc(F)c1)C(=O)/C=C/c1c(C)nn(C)c1Cl. The fraction of sp³-hybridized carbons (Fsp3) is 0.294. The molecule has 1 aromatic heterocycles. The molecular formula is C17H19ClFN3O. The Kier molecular flexibility index (Phi) is 5.55. The fourth-order valence-electron chi connectivity index (χ4n) is 2.30. The highest BCUT2D eigenvalue weighted by Crippen LogP contribution is 2.20. The van der Waals surface area contributed by atoms with Crippen molar-refractivity contribution >= 4 is 23.6 Å². The summed E-state index contributed by atoms with van der Waals surface area (Å²) in [6, 6.07) is 6.25. The number of hydrogen-bond donors (Lipinski definition) is 0. The van der Waals surface area contributed by atoms with Crippen molar-refractivity contribution in [2.24, 2.45) is 7.05 Å². The molecule has 0 saturated carbocycles. The van der Waals surface area contributed by atoms with Crippen LogP contribution in [0.15, 0.2) is 30.3 Å². The van der Waals surface area contributed by atoms with Crippen LogP contribution in [-0.2, 0) is 18.4 Å². The minimum atomic E-state index is -0.306. The van der Waals surface area contributed by atoms with E-state index in [0.29, 0.717) is 18.2 Å². The van der Waals surface area contributed by atoms with Gasteiger partial charge in [-0.15, -0.1) is 0 Å². The highest BCUT2D eigenvalue weighted by atomic mass is 35.5. The number of carbonyl (C=O) groups is 1. The lowest BCUT2D eigenvalue weighted by Crippen LogP contribution is -2.28. The lowest BCUT2D eigenvalue weighted by atomic mass is 10.2. The average molecular weight is 336 g/mol. The molecule has 0 aliphatic heterocycles. The second-order valence-corrected chi connectivity index (χ2v) is 5.59. The molecular weight excluding hydrogens is 317 g/mol. The number of hydrogen-bond acceptors (Lipinski definition) is 2. The molecule has 0 atom stereocenters. The van der Waals surface area contributed by atoms with Gasteiger partial charge in [-0.05, 0) is 37.6 Å². The standard InChI is InChI=1S/C17H19ClFN3O/c1-4-22(11-13-6-5-7-14(19)10-13)16(23)9-8-15-12(2)20-21(3)17(15)18/h5-10H,4,11H2,1-3H3/b9-8+. The van der Waals surface area contributed by atoms with E-state index in [1.165, 1.54) is 18.2 Å². The number of aryl methyl sites for hydroxylation is 2. The van der Waals surface area contributed by atoms with Gasteiger partial charge in [0.1, 0.15) is 11.0 Å². The van der Waals surface area contributed by atoms with Crippen molar-refractivity contribution in [1.29, 1.82) is 0 Å². The third-order valence-electron chi connectivity index (χ3n) is 3.54. The van der Waals surface area contributed by atoms with Gasteiger partial charge in [0.2, 0.25) is 5.91 Å². The first-order valence-corrected chi connectivity index (χ1v) is 7.70. The van der Waals surface area contributed by atoms with E-state index in [9.17, 15) is 9.18 Å². The van der Waals surface area contributed by atoms with E-state index in [2.05, 4.69) is 5.10 Å². The molecule has 0 aliphatic carbocycles. The molecule has 0 bridgehead atoms. The summed E-state index contributed by atoms with van der Waals surface area (Å²) in [6.07, 6.45) is 3.14. The maximum absolute atomic E-state index is 13.2. The Morgan fingerprint density at radius 1 is 1.48 bits per heavy atom. The predicted octanol–water partition coefficient (Wildman–Crippen LogP) is 3.58. The molecule has 0 saturated heterocycles. The number of carbonyl (C=O) groups excluding carboxylic acids is 1. The van der Waals surface area contributed by atoms with Crippen LogP contribution in [0.2, 0.25) is 5.15 Å². The Hall–Kier alpha value is -2.14. The lowest BCUT2D eigenvalue weighted by Gasteiger charge is -2.19. The van der Waals surface area contributed by atoms with Gasteiger partial charge < -0.3 is 4.90 Å². The van der Waals surface area contributed by atoms with Crippen LogP contribution in [-0.4, -0.2) is 27.1 Å². The van der Waals surface area contributed by atoms with Crippen LogP contribution in [0.25, 0.3) is 6.08 Å². The average Bonchev–Trinajstić information content (AvgIpc) is 2.75. The maximum Gasteiger partial charge on any atom is 0.246 e. The van der Waals surface area contributed by atoms with E-state index < -0.39 is 0 Å². The predicted molar refractivity (Wildman–Crippen MR) is 89.5 cm³/mol. The Balaban J connectivity index is 2.12. The highest BCUT2D eigenvalue weighted by molar-refractivity contribution is 6.31. The topological polar surface area (TPSA) is 38.1 Å². The Labute approximate surface area is 140 Å². The van der Waals surface area contributed by atoms with Crippen molar-refractivity contribution in [2.75, 3.05) is 6.54 Å². The van der Waals surface area contributed by atoms with Crippen LogP contribution in [0.4, 0.5) is 4.39 Å². The molecule has 0 fully saturated rings. The molecule has 0 radical (unpaired) electrons. The second-order valence-electron chi connectivity index (χ2n) is 5.23. The van der Waals surface area contributed by atoms with Gasteiger partial charge in [0.05, 0.1) is 5.69 Å². The van der Waals surface area contributed by atoms with Crippen molar-refractivity contribution in [1.82, 2.24) is 14.7 Å². The van der Waals surface area contributed by atoms with Gasteiger partial charge in [0, 0.05) is 31.8 Å². The summed E-state index contributed by atoms with van der Waals surface area (Å²) in [6.45, 7) is 4.60. The molecule has 0 spiro atoms. The van der Waals surface area contributed by atoms with Crippen molar-refractivity contribution in [3.8, 4) is 0 Å². The van der Waals surface area contributed by atoms with Gasteiger partial charge in [-0.1, -0.05) is 23.7 Å². The first-order chi connectivity index (χ1) is 10.9. The molecule has 0 N–H and O–H groups in total. The molecule has 2 aromatic rings. The first kappa shape index (κ1) is 17.2. The number of likely N-dealkylation sites (N-methyl/N-ethyl adjacent to an activating group) is 1. The van der Waals surface area contributed by atoms with Gasteiger partial charge in [0.25, 0.3) is 0 Å². The van der Waals surface area contributed by atoms with Crippen molar-refractivity contribution in [3.63, 3.8) is 0 Å². The van der Waals surface area contributed by atoms with E-state index in [-0.39, 0.29) is 11.7 Å². The van der Waals surface area contributed by atoms with E-state index in [1.54, 1.807) is 34.8 Å². The summed E-state index contributed by atoms with van der Waals surface area (Å²) < 4.78 is 14.8. The first-order valence-electron chi connectivity index (χ1n) is 7.33. The van der Waals surface area contributed by atoms with Crippen molar-refractivity contribution in [2.45, 2.75) is 20.4 Å². The molecule has 122 valence electrons. The summed E-state index contributed by atoms with van der Waals surface area (Å²) in [7, 11) is 1.75. The van der Waals surface area contributed by atoms with Gasteiger partial charge in [-0.3, -0.25) is 9.48 Å². The van der Waals surface area contributed by atoms with Gasteiger partial charge >= 0.3 is 0 Å².